The average Bonchev–Trinajstić information content (AvgIpc) is 3.40. The summed E-state index contributed by atoms with van der Waals surface area (Å²) in [4.78, 5) is 2.58. The van der Waals surface area contributed by atoms with Crippen LogP contribution in [0.4, 0.5) is 0 Å². The smallest absolute Gasteiger partial charge is 0.200 e. The van der Waals surface area contributed by atoms with E-state index in [1.165, 1.54) is 11.1 Å². The summed E-state index contributed by atoms with van der Waals surface area (Å²) in [7, 11) is -0.143. The molecule has 0 radical (unpaired) electrons. The molecular weight excluding hydrogens is 386 g/mol. The Morgan fingerprint density at radius 2 is 1.40 bits per heavy atom. The van der Waals surface area contributed by atoms with Gasteiger partial charge in [-0.3, -0.25) is 4.90 Å². The SMILES string of the molecule is COc1ccc([C@@H]2[C@@H](CO[Si](C(C)C)(C(C)C)C(C)C)N2Cc2ccccc2)cc1. The fraction of sp³-hybridized carbons (Fsp3) is 0.538. The molecule has 3 nitrogen and oxygen atoms in total. The number of ether oxygens (including phenoxy) is 1. The average molecular weight is 426 g/mol. The Labute approximate surface area is 184 Å². The van der Waals surface area contributed by atoms with Crippen molar-refractivity contribution in [3.63, 3.8) is 0 Å². The number of hydrogen-bond donors (Lipinski definition) is 0. The Balaban J connectivity index is 1.80. The molecule has 1 heterocycles. The van der Waals surface area contributed by atoms with Crippen molar-refractivity contribution in [3.8, 4) is 5.75 Å². The fourth-order valence-corrected chi connectivity index (χ4v) is 10.9. The van der Waals surface area contributed by atoms with E-state index in [0.29, 0.717) is 28.7 Å². The van der Waals surface area contributed by atoms with E-state index in [9.17, 15) is 0 Å². The molecular formula is C26H39NO2Si. The first-order valence-corrected chi connectivity index (χ1v) is 13.5. The van der Waals surface area contributed by atoms with E-state index in [0.717, 1.165) is 18.9 Å². The van der Waals surface area contributed by atoms with E-state index < -0.39 is 8.32 Å². The van der Waals surface area contributed by atoms with Crippen LogP contribution >= 0.6 is 0 Å². The van der Waals surface area contributed by atoms with Gasteiger partial charge in [0.15, 0.2) is 8.32 Å². The van der Waals surface area contributed by atoms with Crippen LogP contribution in [-0.4, -0.2) is 33.0 Å². The van der Waals surface area contributed by atoms with E-state index in [1.54, 1.807) is 7.11 Å². The molecule has 0 amide bonds. The van der Waals surface area contributed by atoms with E-state index in [1.807, 2.05) is 0 Å². The van der Waals surface area contributed by atoms with Gasteiger partial charge in [-0.25, -0.2) is 0 Å². The van der Waals surface area contributed by atoms with Crippen molar-refractivity contribution in [2.45, 2.75) is 76.8 Å². The van der Waals surface area contributed by atoms with Gasteiger partial charge in [-0.1, -0.05) is 84.0 Å². The van der Waals surface area contributed by atoms with Gasteiger partial charge in [-0.05, 0) is 39.9 Å². The van der Waals surface area contributed by atoms with Crippen molar-refractivity contribution in [3.05, 3.63) is 65.7 Å². The van der Waals surface area contributed by atoms with E-state index in [-0.39, 0.29) is 0 Å². The van der Waals surface area contributed by atoms with Gasteiger partial charge in [-0.2, -0.15) is 0 Å². The second kappa shape index (κ2) is 9.67. The van der Waals surface area contributed by atoms with Crippen molar-refractivity contribution in [1.82, 2.24) is 4.90 Å². The lowest BCUT2D eigenvalue weighted by Gasteiger charge is -2.42. The topological polar surface area (TPSA) is 21.5 Å². The number of methoxy groups -OCH3 is 1. The normalized spacial score (nSPS) is 21.5. The van der Waals surface area contributed by atoms with Crippen LogP contribution in [0.5, 0.6) is 5.75 Å². The molecule has 164 valence electrons. The first-order chi connectivity index (χ1) is 14.3. The zero-order valence-electron chi connectivity index (χ0n) is 19.8. The minimum atomic E-state index is -1.86. The molecule has 1 fully saturated rings. The standard InChI is InChI=1S/C26H39NO2Si/c1-19(2)30(20(3)4,21(5)6)29-18-25-26(23-13-15-24(28-7)16-14-23)27(25)17-22-11-9-8-10-12-22/h8-16,19-21,25-26H,17-18H2,1-7H3/t25-,26-,27?/m1/s1. The number of rotatable bonds is 10. The van der Waals surface area contributed by atoms with Gasteiger partial charge in [0.05, 0.1) is 25.8 Å². The molecule has 2 aromatic rings. The van der Waals surface area contributed by atoms with Crippen molar-refractivity contribution in [1.29, 1.82) is 0 Å². The van der Waals surface area contributed by atoms with Crippen LogP contribution in [0, 0.1) is 0 Å². The maximum Gasteiger partial charge on any atom is 0.200 e. The lowest BCUT2D eigenvalue weighted by Crippen LogP contribution is -2.48. The summed E-state index contributed by atoms with van der Waals surface area (Å²) < 4.78 is 12.3. The maximum absolute atomic E-state index is 6.98. The Morgan fingerprint density at radius 1 is 0.833 bits per heavy atom. The number of hydrogen-bond acceptors (Lipinski definition) is 3. The maximum atomic E-state index is 6.98. The summed E-state index contributed by atoms with van der Waals surface area (Å²) in [6.45, 7) is 16.0. The predicted molar refractivity (Wildman–Crippen MR) is 129 cm³/mol. The summed E-state index contributed by atoms with van der Waals surface area (Å²) >= 11 is 0. The quantitative estimate of drug-likeness (QED) is 0.308. The molecule has 1 saturated heterocycles. The first kappa shape index (κ1) is 23.0. The molecule has 0 N–H and O–H groups in total. The molecule has 1 aliphatic rings. The third kappa shape index (κ3) is 4.66. The Hall–Kier alpha value is -1.62. The highest BCUT2D eigenvalue weighted by Gasteiger charge is 2.51. The van der Waals surface area contributed by atoms with E-state index >= 15 is 0 Å². The lowest BCUT2D eigenvalue weighted by molar-refractivity contribution is 0.259. The molecule has 1 aliphatic heterocycles. The molecule has 0 spiro atoms. The monoisotopic (exact) mass is 425 g/mol. The number of nitrogens with zero attached hydrogens (tertiary/aromatic N) is 1. The molecule has 0 aromatic heterocycles. The molecule has 3 atom stereocenters. The fourth-order valence-electron chi connectivity index (χ4n) is 5.47. The predicted octanol–water partition coefficient (Wildman–Crippen LogP) is 6.81. The van der Waals surface area contributed by atoms with Gasteiger partial charge < -0.3 is 9.16 Å². The van der Waals surface area contributed by atoms with E-state index in [2.05, 4.69) is 101 Å². The van der Waals surface area contributed by atoms with Crippen LogP contribution in [0.15, 0.2) is 54.6 Å². The minimum absolute atomic E-state index is 0.411. The van der Waals surface area contributed by atoms with Crippen molar-refractivity contribution >= 4 is 8.32 Å². The second-order valence-corrected chi connectivity index (χ2v) is 15.0. The van der Waals surface area contributed by atoms with Crippen LogP contribution < -0.4 is 4.74 Å². The molecule has 30 heavy (non-hydrogen) atoms. The Kier molecular flexibility index (Phi) is 7.43. The lowest BCUT2D eigenvalue weighted by atomic mass is 10.1. The van der Waals surface area contributed by atoms with Crippen LogP contribution in [0.2, 0.25) is 16.6 Å². The molecule has 2 aromatic carbocycles. The molecule has 0 saturated carbocycles. The van der Waals surface area contributed by atoms with Gasteiger partial charge >= 0.3 is 0 Å². The van der Waals surface area contributed by atoms with Gasteiger partial charge in [0.1, 0.15) is 5.75 Å². The summed E-state index contributed by atoms with van der Waals surface area (Å²) in [5.74, 6) is 0.910. The summed E-state index contributed by atoms with van der Waals surface area (Å²) in [5, 5.41) is 0. The van der Waals surface area contributed by atoms with Crippen molar-refractivity contribution in [2.75, 3.05) is 13.7 Å². The largest absolute Gasteiger partial charge is 0.497 e. The minimum Gasteiger partial charge on any atom is -0.497 e. The highest BCUT2D eigenvalue weighted by Crippen LogP contribution is 2.48. The van der Waals surface area contributed by atoms with Gasteiger partial charge in [0.2, 0.25) is 0 Å². The van der Waals surface area contributed by atoms with Gasteiger partial charge in [0.25, 0.3) is 0 Å². The van der Waals surface area contributed by atoms with Crippen LogP contribution in [0.3, 0.4) is 0 Å². The zero-order valence-corrected chi connectivity index (χ0v) is 20.8. The number of benzene rings is 2. The Morgan fingerprint density at radius 3 is 1.90 bits per heavy atom. The van der Waals surface area contributed by atoms with Crippen LogP contribution in [0.1, 0.15) is 58.7 Å². The third-order valence-electron chi connectivity index (χ3n) is 6.93. The highest BCUT2D eigenvalue weighted by molar-refractivity contribution is 6.77. The van der Waals surface area contributed by atoms with Crippen LogP contribution in [0.25, 0.3) is 0 Å². The summed E-state index contributed by atoms with van der Waals surface area (Å²) in [6.07, 6.45) is 0. The summed E-state index contributed by atoms with van der Waals surface area (Å²) in [5.41, 5.74) is 4.54. The van der Waals surface area contributed by atoms with E-state index in [4.69, 9.17) is 9.16 Å². The molecule has 0 aliphatic carbocycles. The summed E-state index contributed by atoms with van der Waals surface area (Å²) in [6, 6.07) is 20.2. The third-order valence-corrected chi connectivity index (χ3v) is 13.0. The molecule has 0 bridgehead atoms. The van der Waals surface area contributed by atoms with Gasteiger partial charge in [-0.15, -0.1) is 0 Å². The first-order valence-electron chi connectivity index (χ1n) is 11.4. The highest BCUT2D eigenvalue weighted by atomic mass is 28.4. The zero-order chi connectivity index (χ0) is 21.9. The van der Waals surface area contributed by atoms with Gasteiger partial charge in [0, 0.05) is 6.54 Å². The van der Waals surface area contributed by atoms with Crippen molar-refractivity contribution < 1.29 is 9.16 Å². The second-order valence-electron chi connectivity index (χ2n) is 9.57. The Bertz CT molecular complexity index is 767. The van der Waals surface area contributed by atoms with Crippen LogP contribution in [-0.2, 0) is 11.0 Å². The molecule has 3 rings (SSSR count). The van der Waals surface area contributed by atoms with Crippen molar-refractivity contribution in [2.24, 2.45) is 0 Å². The molecule has 4 heteroatoms. The molecule has 1 unspecified atom stereocenters.